The molecule has 2 unspecified atom stereocenters. The zero-order valence-electron chi connectivity index (χ0n) is 11.3. The van der Waals surface area contributed by atoms with Gasteiger partial charge in [-0.15, -0.1) is 0 Å². The second-order valence-corrected chi connectivity index (χ2v) is 6.84. The van der Waals surface area contributed by atoms with Crippen LogP contribution < -0.4 is 10.5 Å². The van der Waals surface area contributed by atoms with Crippen LogP contribution in [0.25, 0.3) is 0 Å². The van der Waals surface area contributed by atoms with E-state index in [1.54, 1.807) is 12.1 Å². The van der Waals surface area contributed by atoms with Crippen molar-refractivity contribution in [1.29, 1.82) is 0 Å². The van der Waals surface area contributed by atoms with Crippen LogP contribution in [0.1, 0.15) is 38.2 Å². The molecule has 5 heteroatoms. The van der Waals surface area contributed by atoms with Gasteiger partial charge in [-0.3, -0.25) is 0 Å². The quantitative estimate of drug-likeness (QED) is 0.867. The molecule has 106 valence electrons. The summed E-state index contributed by atoms with van der Waals surface area (Å²) < 4.78 is 22.3. The van der Waals surface area contributed by atoms with Crippen LogP contribution in [0.3, 0.4) is 0 Å². The first kappa shape index (κ1) is 14.5. The van der Waals surface area contributed by atoms with E-state index in [4.69, 9.17) is 5.14 Å². The average molecular weight is 282 g/mol. The summed E-state index contributed by atoms with van der Waals surface area (Å²) in [6.07, 6.45) is 5.09. The van der Waals surface area contributed by atoms with Crippen molar-refractivity contribution in [2.45, 2.75) is 50.1 Å². The van der Waals surface area contributed by atoms with Gasteiger partial charge in [-0.25, -0.2) is 13.6 Å². The molecule has 0 heterocycles. The Labute approximate surface area is 115 Å². The van der Waals surface area contributed by atoms with Crippen molar-refractivity contribution in [1.82, 2.24) is 5.32 Å². The minimum absolute atomic E-state index is 0.170. The highest BCUT2D eigenvalue weighted by molar-refractivity contribution is 7.89. The minimum atomic E-state index is -3.58. The molecule has 0 saturated heterocycles. The number of nitrogens with two attached hydrogens (primary N) is 1. The van der Waals surface area contributed by atoms with Crippen LogP contribution in [0.4, 0.5) is 0 Å². The molecule has 0 spiro atoms. The summed E-state index contributed by atoms with van der Waals surface area (Å²) in [4.78, 5) is 0.170. The Kier molecular flexibility index (Phi) is 4.60. The molecule has 0 aliphatic heterocycles. The summed E-state index contributed by atoms with van der Waals surface area (Å²) >= 11 is 0. The van der Waals surface area contributed by atoms with Gasteiger partial charge in [-0.1, -0.05) is 31.9 Å². The first-order valence-corrected chi connectivity index (χ1v) is 8.40. The van der Waals surface area contributed by atoms with Gasteiger partial charge in [-0.2, -0.15) is 0 Å². The van der Waals surface area contributed by atoms with Crippen LogP contribution in [0.2, 0.25) is 0 Å². The van der Waals surface area contributed by atoms with E-state index in [0.717, 1.165) is 18.0 Å². The van der Waals surface area contributed by atoms with Crippen LogP contribution >= 0.6 is 0 Å². The lowest BCUT2D eigenvalue weighted by Gasteiger charge is -2.19. The fourth-order valence-electron chi connectivity index (χ4n) is 2.84. The van der Waals surface area contributed by atoms with Crippen LogP contribution in [0, 0.1) is 5.92 Å². The summed E-state index contributed by atoms with van der Waals surface area (Å²) in [6.45, 7) is 3.03. The number of sulfonamides is 1. The van der Waals surface area contributed by atoms with Crippen molar-refractivity contribution >= 4 is 10.0 Å². The number of hydrogen-bond donors (Lipinski definition) is 2. The molecule has 1 aliphatic rings. The van der Waals surface area contributed by atoms with Crippen molar-refractivity contribution in [2.24, 2.45) is 11.1 Å². The summed E-state index contributed by atoms with van der Waals surface area (Å²) in [5.74, 6) is 0.781. The number of nitrogens with one attached hydrogen (secondary N) is 1. The molecule has 1 saturated carbocycles. The highest BCUT2D eigenvalue weighted by Gasteiger charge is 2.24. The second-order valence-electron chi connectivity index (χ2n) is 5.28. The van der Waals surface area contributed by atoms with Crippen molar-refractivity contribution in [3.63, 3.8) is 0 Å². The van der Waals surface area contributed by atoms with Crippen molar-refractivity contribution in [2.75, 3.05) is 0 Å². The van der Waals surface area contributed by atoms with E-state index in [0.29, 0.717) is 6.04 Å². The maximum atomic E-state index is 11.2. The molecule has 3 N–H and O–H groups in total. The predicted molar refractivity (Wildman–Crippen MR) is 76.1 cm³/mol. The van der Waals surface area contributed by atoms with Crippen molar-refractivity contribution < 1.29 is 8.42 Å². The van der Waals surface area contributed by atoms with Crippen LogP contribution in [-0.2, 0) is 16.6 Å². The van der Waals surface area contributed by atoms with Gasteiger partial charge in [0.25, 0.3) is 0 Å². The molecule has 0 aromatic heterocycles. The molecule has 1 aliphatic carbocycles. The first-order valence-electron chi connectivity index (χ1n) is 6.86. The number of hydrogen-bond acceptors (Lipinski definition) is 3. The Morgan fingerprint density at radius 3 is 2.53 bits per heavy atom. The lowest BCUT2D eigenvalue weighted by molar-refractivity contribution is 0.389. The van der Waals surface area contributed by atoms with Gasteiger partial charge in [0, 0.05) is 12.6 Å². The molecule has 0 radical (unpaired) electrons. The molecule has 0 bridgehead atoms. The molecule has 1 fully saturated rings. The van der Waals surface area contributed by atoms with Crippen molar-refractivity contribution in [3.8, 4) is 0 Å². The maximum Gasteiger partial charge on any atom is 0.238 e. The fraction of sp³-hybridized carbons (Fsp3) is 0.571. The van der Waals surface area contributed by atoms with Crippen LogP contribution in [0.5, 0.6) is 0 Å². The topological polar surface area (TPSA) is 72.2 Å². The number of primary sulfonamides is 1. The zero-order chi connectivity index (χ0) is 13.9. The Morgan fingerprint density at radius 2 is 1.95 bits per heavy atom. The molecule has 1 aromatic carbocycles. The third kappa shape index (κ3) is 3.78. The van der Waals surface area contributed by atoms with Gasteiger partial charge in [0.2, 0.25) is 10.0 Å². The molecule has 4 nitrogen and oxygen atoms in total. The van der Waals surface area contributed by atoms with Gasteiger partial charge >= 0.3 is 0 Å². The number of benzene rings is 1. The Bertz CT molecular complexity index is 511. The third-order valence-electron chi connectivity index (χ3n) is 4.00. The Balaban J connectivity index is 1.93. The van der Waals surface area contributed by atoms with E-state index in [-0.39, 0.29) is 4.90 Å². The van der Waals surface area contributed by atoms with E-state index in [1.807, 2.05) is 12.1 Å². The maximum absolute atomic E-state index is 11.2. The Hall–Kier alpha value is -0.910. The van der Waals surface area contributed by atoms with E-state index >= 15 is 0 Å². The minimum Gasteiger partial charge on any atom is -0.310 e. The van der Waals surface area contributed by atoms with Crippen LogP contribution in [-0.4, -0.2) is 14.5 Å². The lowest BCUT2D eigenvalue weighted by atomic mass is 10.0. The monoisotopic (exact) mass is 282 g/mol. The van der Waals surface area contributed by atoms with Crippen molar-refractivity contribution in [3.05, 3.63) is 29.8 Å². The standard InChI is InChI=1S/C14H22N2O2S/c1-2-12-4-3-5-14(12)16-10-11-6-8-13(9-7-11)19(15,17)18/h6-9,12,14,16H,2-5,10H2,1H3,(H2,15,17,18). The van der Waals surface area contributed by atoms with E-state index < -0.39 is 10.0 Å². The largest absolute Gasteiger partial charge is 0.310 e. The summed E-state index contributed by atoms with van der Waals surface area (Å²) in [7, 11) is -3.58. The molecule has 0 amide bonds. The highest BCUT2D eigenvalue weighted by atomic mass is 32.2. The molecule has 2 atom stereocenters. The summed E-state index contributed by atoms with van der Waals surface area (Å²) in [5, 5.41) is 8.65. The van der Waals surface area contributed by atoms with Gasteiger partial charge in [0.15, 0.2) is 0 Å². The molecule has 19 heavy (non-hydrogen) atoms. The number of rotatable bonds is 5. The molecule has 2 rings (SSSR count). The smallest absolute Gasteiger partial charge is 0.238 e. The summed E-state index contributed by atoms with van der Waals surface area (Å²) in [5.41, 5.74) is 1.09. The first-order chi connectivity index (χ1) is 9.00. The Morgan fingerprint density at radius 1 is 1.26 bits per heavy atom. The zero-order valence-corrected chi connectivity index (χ0v) is 12.1. The molecular weight excluding hydrogens is 260 g/mol. The normalized spacial score (nSPS) is 23.7. The van der Waals surface area contributed by atoms with E-state index in [2.05, 4.69) is 12.2 Å². The third-order valence-corrected chi connectivity index (χ3v) is 4.93. The van der Waals surface area contributed by atoms with Crippen LogP contribution in [0.15, 0.2) is 29.2 Å². The predicted octanol–water partition coefficient (Wildman–Crippen LogP) is 2.00. The SMILES string of the molecule is CCC1CCCC1NCc1ccc(S(N)(=O)=O)cc1. The van der Waals surface area contributed by atoms with Gasteiger partial charge in [0.05, 0.1) is 4.90 Å². The highest BCUT2D eigenvalue weighted by Crippen LogP contribution is 2.28. The average Bonchev–Trinajstić information content (AvgIpc) is 2.83. The van der Waals surface area contributed by atoms with E-state index in [1.165, 1.54) is 25.7 Å². The second kappa shape index (κ2) is 6.03. The summed E-state index contributed by atoms with van der Waals surface area (Å²) in [6, 6.07) is 7.38. The molecular formula is C14H22N2O2S. The lowest BCUT2D eigenvalue weighted by Crippen LogP contribution is -2.31. The molecule has 1 aromatic rings. The van der Waals surface area contributed by atoms with Gasteiger partial charge < -0.3 is 5.32 Å². The van der Waals surface area contributed by atoms with E-state index in [9.17, 15) is 8.42 Å². The fourth-order valence-corrected chi connectivity index (χ4v) is 3.36. The van der Waals surface area contributed by atoms with Gasteiger partial charge in [0.1, 0.15) is 0 Å². The van der Waals surface area contributed by atoms with Gasteiger partial charge in [-0.05, 0) is 36.5 Å².